The van der Waals surface area contributed by atoms with Crippen molar-refractivity contribution in [1.82, 2.24) is 19.7 Å². The molecular weight excluding hydrogens is 328 g/mol. The van der Waals surface area contributed by atoms with Crippen LogP contribution in [0.15, 0.2) is 24.4 Å². The maximum absolute atomic E-state index is 13.0. The molecule has 1 amide bonds. The topological polar surface area (TPSA) is 60.2 Å². The van der Waals surface area contributed by atoms with Gasteiger partial charge in [0.2, 0.25) is 5.91 Å². The van der Waals surface area contributed by atoms with Gasteiger partial charge in [0.25, 0.3) is 0 Å². The summed E-state index contributed by atoms with van der Waals surface area (Å²) in [4.78, 5) is 19.2. The van der Waals surface area contributed by atoms with E-state index in [9.17, 15) is 4.79 Å². The number of nitrogens with zero attached hydrogens (tertiary/aromatic N) is 4. The molecule has 1 fully saturated rings. The van der Waals surface area contributed by atoms with Crippen LogP contribution >= 0.6 is 0 Å². The van der Waals surface area contributed by atoms with Crippen molar-refractivity contribution < 1.29 is 9.53 Å². The number of amides is 1. The van der Waals surface area contributed by atoms with Crippen LogP contribution in [0.1, 0.15) is 41.9 Å². The van der Waals surface area contributed by atoms with Gasteiger partial charge in [0, 0.05) is 38.5 Å². The summed E-state index contributed by atoms with van der Waals surface area (Å²) in [5.41, 5.74) is 4.22. The average molecular weight is 356 g/mol. The lowest BCUT2D eigenvalue weighted by Gasteiger charge is -2.25. The second kappa shape index (κ2) is 8.45. The van der Waals surface area contributed by atoms with Crippen molar-refractivity contribution in [2.45, 2.75) is 52.2 Å². The largest absolute Gasteiger partial charge is 0.376 e. The van der Waals surface area contributed by atoms with E-state index in [-0.39, 0.29) is 12.0 Å². The van der Waals surface area contributed by atoms with Gasteiger partial charge in [0.15, 0.2) is 0 Å². The normalized spacial score (nSPS) is 16.8. The van der Waals surface area contributed by atoms with Gasteiger partial charge < -0.3 is 9.64 Å². The number of hydrogen-bond donors (Lipinski definition) is 0. The maximum Gasteiger partial charge on any atom is 0.223 e. The van der Waals surface area contributed by atoms with E-state index in [1.807, 2.05) is 41.8 Å². The van der Waals surface area contributed by atoms with Gasteiger partial charge in [-0.3, -0.25) is 14.5 Å². The van der Waals surface area contributed by atoms with Crippen LogP contribution in [0.25, 0.3) is 0 Å². The summed E-state index contributed by atoms with van der Waals surface area (Å²) < 4.78 is 7.63. The van der Waals surface area contributed by atoms with E-state index in [0.717, 1.165) is 36.5 Å². The van der Waals surface area contributed by atoms with Crippen molar-refractivity contribution >= 4 is 5.91 Å². The van der Waals surface area contributed by atoms with E-state index in [1.54, 1.807) is 6.20 Å². The van der Waals surface area contributed by atoms with Gasteiger partial charge in [0.1, 0.15) is 0 Å². The summed E-state index contributed by atoms with van der Waals surface area (Å²) >= 11 is 0. The van der Waals surface area contributed by atoms with E-state index in [4.69, 9.17) is 4.74 Å². The van der Waals surface area contributed by atoms with Gasteiger partial charge in [-0.15, -0.1) is 0 Å². The number of rotatable bonds is 7. The molecule has 2 aromatic heterocycles. The molecule has 2 aromatic rings. The summed E-state index contributed by atoms with van der Waals surface area (Å²) in [6, 6.07) is 5.81. The van der Waals surface area contributed by atoms with E-state index >= 15 is 0 Å². The molecule has 0 aromatic carbocycles. The van der Waals surface area contributed by atoms with Gasteiger partial charge in [-0.2, -0.15) is 5.10 Å². The lowest BCUT2D eigenvalue weighted by Crippen LogP contribution is -2.37. The number of ether oxygens (including phenoxy) is 1. The Labute approximate surface area is 155 Å². The Balaban J connectivity index is 1.67. The van der Waals surface area contributed by atoms with Crippen LogP contribution in [-0.2, 0) is 29.5 Å². The molecule has 3 heterocycles. The zero-order valence-corrected chi connectivity index (χ0v) is 15.9. The number of carbonyl (C=O) groups excluding carboxylic acids is 1. The third-order valence-electron chi connectivity index (χ3n) is 5.13. The molecule has 0 aliphatic carbocycles. The SMILES string of the molecule is Cc1nn(C)c(C)c1CCC(=O)N(Cc1ccccn1)CC1CCCO1. The highest BCUT2D eigenvalue weighted by Gasteiger charge is 2.23. The molecule has 26 heavy (non-hydrogen) atoms. The highest BCUT2D eigenvalue weighted by atomic mass is 16.5. The predicted octanol–water partition coefficient (Wildman–Crippen LogP) is 2.57. The number of carbonyl (C=O) groups is 1. The number of pyridine rings is 1. The molecule has 1 atom stereocenters. The quantitative estimate of drug-likeness (QED) is 0.765. The van der Waals surface area contributed by atoms with Crippen LogP contribution in [-0.4, -0.2) is 44.8 Å². The molecule has 1 unspecified atom stereocenters. The third kappa shape index (κ3) is 4.49. The lowest BCUT2D eigenvalue weighted by molar-refractivity contribution is -0.133. The van der Waals surface area contributed by atoms with E-state index in [2.05, 4.69) is 17.0 Å². The average Bonchev–Trinajstić information content (AvgIpc) is 3.22. The molecule has 3 rings (SSSR count). The Bertz CT molecular complexity index is 736. The number of aryl methyl sites for hydroxylation is 2. The predicted molar refractivity (Wildman–Crippen MR) is 99.6 cm³/mol. The first-order chi connectivity index (χ1) is 12.5. The lowest BCUT2D eigenvalue weighted by atomic mass is 10.1. The van der Waals surface area contributed by atoms with Crippen LogP contribution < -0.4 is 0 Å². The summed E-state index contributed by atoms with van der Waals surface area (Å²) in [5.74, 6) is 0.147. The first kappa shape index (κ1) is 18.6. The first-order valence-electron chi connectivity index (χ1n) is 9.33. The van der Waals surface area contributed by atoms with Crippen LogP contribution in [0.3, 0.4) is 0 Å². The number of hydrogen-bond acceptors (Lipinski definition) is 4. The second-order valence-electron chi connectivity index (χ2n) is 7.00. The highest BCUT2D eigenvalue weighted by molar-refractivity contribution is 5.76. The van der Waals surface area contributed by atoms with Gasteiger partial charge in [-0.1, -0.05) is 6.07 Å². The molecule has 1 aliphatic rings. The van der Waals surface area contributed by atoms with Crippen molar-refractivity contribution in [2.75, 3.05) is 13.2 Å². The van der Waals surface area contributed by atoms with Gasteiger partial charge in [-0.25, -0.2) is 0 Å². The zero-order valence-electron chi connectivity index (χ0n) is 15.9. The van der Waals surface area contributed by atoms with E-state index in [1.165, 1.54) is 5.56 Å². The molecule has 6 heteroatoms. The van der Waals surface area contributed by atoms with Crippen molar-refractivity contribution in [3.63, 3.8) is 0 Å². The van der Waals surface area contributed by atoms with Crippen LogP contribution in [0.4, 0.5) is 0 Å². The van der Waals surface area contributed by atoms with Crippen LogP contribution in [0, 0.1) is 13.8 Å². The van der Waals surface area contributed by atoms with E-state index < -0.39 is 0 Å². The zero-order chi connectivity index (χ0) is 18.5. The molecular formula is C20H28N4O2. The molecule has 0 bridgehead atoms. The van der Waals surface area contributed by atoms with Crippen molar-refractivity contribution in [3.05, 3.63) is 47.0 Å². The van der Waals surface area contributed by atoms with E-state index in [0.29, 0.717) is 25.9 Å². The summed E-state index contributed by atoms with van der Waals surface area (Å²) in [7, 11) is 1.94. The fraction of sp³-hybridized carbons (Fsp3) is 0.550. The maximum atomic E-state index is 13.0. The molecule has 0 spiro atoms. The van der Waals surface area contributed by atoms with Crippen molar-refractivity contribution in [2.24, 2.45) is 7.05 Å². The Morgan fingerprint density at radius 1 is 1.38 bits per heavy atom. The third-order valence-corrected chi connectivity index (χ3v) is 5.13. The minimum atomic E-state index is 0.143. The van der Waals surface area contributed by atoms with Crippen LogP contribution in [0.5, 0.6) is 0 Å². The Morgan fingerprint density at radius 2 is 2.23 bits per heavy atom. The monoisotopic (exact) mass is 356 g/mol. The fourth-order valence-electron chi connectivity index (χ4n) is 3.55. The second-order valence-corrected chi connectivity index (χ2v) is 7.00. The molecule has 6 nitrogen and oxygen atoms in total. The Kier molecular flexibility index (Phi) is 6.04. The molecule has 140 valence electrons. The molecule has 1 saturated heterocycles. The smallest absolute Gasteiger partial charge is 0.223 e. The Morgan fingerprint density at radius 3 is 2.85 bits per heavy atom. The molecule has 0 radical (unpaired) electrons. The first-order valence-corrected chi connectivity index (χ1v) is 9.33. The minimum absolute atomic E-state index is 0.143. The summed E-state index contributed by atoms with van der Waals surface area (Å²) in [6.07, 6.45) is 5.20. The van der Waals surface area contributed by atoms with Gasteiger partial charge in [0.05, 0.1) is 24.0 Å². The Hall–Kier alpha value is -2.21. The summed E-state index contributed by atoms with van der Waals surface area (Å²) in [5, 5.41) is 4.45. The standard InChI is InChI=1S/C20H28N4O2/c1-15-19(16(2)23(3)22-15)9-10-20(25)24(14-18-8-6-12-26-18)13-17-7-4-5-11-21-17/h4-5,7,11,18H,6,8-10,12-14H2,1-3H3. The summed E-state index contributed by atoms with van der Waals surface area (Å²) in [6.45, 7) is 6.03. The minimum Gasteiger partial charge on any atom is -0.376 e. The molecule has 0 saturated carbocycles. The van der Waals surface area contributed by atoms with Crippen molar-refractivity contribution in [3.8, 4) is 0 Å². The van der Waals surface area contributed by atoms with Crippen LogP contribution in [0.2, 0.25) is 0 Å². The van der Waals surface area contributed by atoms with Crippen molar-refractivity contribution in [1.29, 1.82) is 0 Å². The fourth-order valence-corrected chi connectivity index (χ4v) is 3.55. The number of aromatic nitrogens is 3. The highest BCUT2D eigenvalue weighted by Crippen LogP contribution is 2.18. The molecule has 1 aliphatic heterocycles. The molecule has 0 N–H and O–H groups in total. The van der Waals surface area contributed by atoms with Gasteiger partial charge >= 0.3 is 0 Å². The van der Waals surface area contributed by atoms with Gasteiger partial charge in [-0.05, 0) is 50.8 Å².